The lowest BCUT2D eigenvalue weighted by molar-refractivity contribution is 0.394. The summed E-state index contributed by atoms with van der Waals surface area (Å²) < 4.78 is 10.7. The number of nitrogens with one attached hydrogen (secondary N) is 1. The van der Waals surface area contributed by atoms with E-state index in [2.05, 4.69) is 15.2 Å². The van der Waals surface area contributed by atoms with Gasteiger partial charge in [-0.2, -0.15) is 5.10 Å². The third kappa shape index (κ3) is 2.53. The molecule has 1 N–H and O–H groups in total. The Labute approximate surface area is 128 Å². The Morgan fingerprint density at radius 2 is 1.55 bits per heavy atom. The minimum Gasteiger partial charge on any atom is -0.497 e. The van der Waals surface area contributed by atoms with Crippen molar-refractivity contribution < 1.29 is 9.47 Å². The van der Waals surface area contributed by atoms with Crippen LogP contribution in [0.1, 0.15) is 5.69 Å². The Morgan fingerprint density at radius 3 is 2.14 bits per heavy atom. The van der Waals surface area contributed by atoms with E-state index in [1.165, 1.54) is 0 Å². The van der Waals surface area contributed by atoms with Crippen molar-refractivity contribution in [1.82, 2.24) is 15.2 Å². The van der Waals surface area contributed by atoms with Gasteiger partial charge in [-0.05, 0) is 36.8 Å². The van der Waals surface area contributed by atoms with E-state index in [0.717, 1.165) is 39.6 Å². The molecule has 5 heteroatoms. The maximum atomic E-state index is 5.34. The van der Waals surface area contributed by atoms with E-state index >= 15 is 0 Å². The summed E-state index contributed by atoms with van der Waals surface area (Å²) in [6.45, 7) is 2.00. The zero-order chi connectivity index (χ0) is 15.5. The zero-order valence-corrected chi connectivity index (χ0v) is 12.8. The molecule has 0 amide bonds. The first-order valence-corrected chi connectivity index (χ1v) is 6.91. The molecular formula is C17H17N3O2. The summed E-state index contributed by atoms with van der Waals surface area (Å²) >= 11 is 0. The number of rotatable bonds is 4. The number of H-pyrrole nitrogens is 1. The first kappa shape index (κ1) is 14.1. The van der Waals surface area contributed by atoms with Crippen LogP contribution in [0.25, 0.3) is 22.4 Å². The molecule has 2 aromatic heterocycles. The van der Waals surface area contributed by atoms with Gasteiger partial charge in [-0.1, -0.05) is 0 Å². The number of nitrogens with zero attached hydrogens (tertiary/aromatic N) is 2. The van der Waals surface area contributed by atoms with Crippen LogP contribution in [0, 0.1) is 6.92 Å². The van der Waals surface area contributed by atoms with Gasteiger partial charge in [-0.3, -0.25) is 10.1 Å². The Morgan fingerprint density at radius 1 is 0.909 bits per heavy atom. The summed E-state index contributed by atoms with van der Waals surface area (Å²) in [7, 11) is 3.27. The summed E-state index contributed by atoms with van der Waals surface area (Å²) in [6.07, 6.45) is 3.55. The second kappa shape index (κ2) is 5.89. The fourth-order valence-electron chi connectivity index (χ4n) is 2.45. The van der Waals surface area contributed by atoms with E-state index in [-0.39, 0.29) is 0 Å². The van der Waals surface area contributed by atoms with Crippen molar-refractivity contribution in [3.8, 4) is 33.9 Å². The van der Waals surface area contributed by atoms with Gasteiger partial charge in [0.1, 0.15) is 17.2 Å². The summed E-state index contributed by atoms with van der Waals surface area (Å²) in [6, 6.07) is 9.68. The first-order valence-electron chi connectivity index (χ1n) is 6.91. The highest BCUT2D eigenvalue weighted by Crippen LogP contribution is 2.36. The molecule has 0 radical (unpaired) electrons. The van der Waals surface area contributed by atoms with Gasteiger partial charge in [-0.25, -0.2) is 0 Å². The van der Waals surface area contributed by atoms with E-state index in [0.29, 0.717) is 0 Å². The molecule has 0 spiro atoms. The summed E-state index contributed by atoms with van der Waals surface area (Å²) in [5.41, 5.74) is 4.92. The predicted molar refractivity (Wildman–Crippen MR) is 85.1 cm³/mol. The number of aromatic amines is 1. The van der Waals surface area contributed by atoms with E-state index in [1.54, 1.807) is 26.6 Å². The molecular weight excluding hydrogens is 278 g/mol. The van der Waals surface area contributed by atoms with Crippen LogP contribution in [-0.4, -0.2) is 29.4 Å². The highest BCUT2D eigenvalue weighted by atomic mass is 16.5. The predicted octanol–water partition coefficient (Wildman–Crippen LogP) is 3.46. The fourth-order valence-corrected chi connectivity index (χ4v) is 2.45. The standard InChI is InChI=1S/C17H17N3O2/c1-11-16(12-4-6-18-7-5-12)17(20-19-11)13-8-14(21-2)10-15(9-13)22-3/h4-10H,1-3H3,(H,19,20). The Balaban J connectivity index is 2.18. The largest absolute Gasteiger partial charge is 0.497 e. The van der Waals surface area contributed by atoms with Gasteiger partial charge >= 0.3 is 0 Å². The summed E-state index contributed by atoms with van der Waals surface area (Å²) in [5, 5.41) is 7.51. The minimum absolute atomic E-state index is 0.732. The van der Waals surface area contributed by atoms with Gasteiger partial charge in [0.15, 0.2) is 0 Å². The van der Waals surface area contributed by atoms with Crippen molar-refractivity contribution >= 4 is 0 Å². The third-order valence-electron chi connectivity index (χ3n) is 3.54. The van der Waals surface area contributed by atoms with Crippen LogP contribution in [-0.2, 0) is 0 Å². The van der Waals surface area contributed by atoms with E-state index in [1.807, 2.05) is 37.3 Å². The normalized spacial score (nSPS) is 10.5. The molecule has 2 heterocycles. The zero-order valence-electron chi connectivity index (χ0n) is 12.8. The van der Waals surface area contributed by atoms with Gasteiger partial charge in [0.25, 0.3) is 0 Å². The SMILES string of the molecule is COc1cc(OC)cc(-c2n[nH]c(C)c2-c2ccncc2)c1. The molecule has 0 aliphatic rings. The van der Waals surface area contributed by atoms with E-state index in [9.17, 15) is 0 Å². The van der Waals surface area contributed by atoms with Gasteiger partial charge in [0.2, 0.25) is 0 Å². The molecule has 0 saturated heterocycles. The number of aromatic nitrogens is 3. The van der Waals surface area contributed by atoms with Crippen LogP contribution in [0.15, 0.2) is 42.7 Å². The molecule has 5 nitrogen and oxygen atoms in total. The van der Waals surface area contributed by atoms with Gasteiger partial charge in [-0.15, -0.1) is 0 Å². The fraction of sp³-hybridized carbons (Fsp3) is 0.176. The van der Waals surface area contributed by atoms with Gasteiger partial charge in [0.05, 0.1) is 14.2 Å². The van der Waals surface area contributed by atoms with Gasteiger partial charge < -0.3 is 9.47 Å². The molecule has 112 valence electrons. The topological polar surface area (TPSA) is 60.0 Å². The average molecular weight is 295 g/mol. The first-order chi connectivity index (χ1) is 10.7. The van der Waals surface area contributed by atoms with Gasteiger partial charge in [0, 0.05) is 35.3 Å². The Hall–Kier alpha value is -2.82. The quantitative estimate of drug-likeness (QED) is 0.800. The molecule has 0 aliphatic carbocycles. The maximum Gasteiger partial charge on any atom is 0.123 e. The van der Waals surface area contributed by atoms with Crippen molar-refractivity contribution in [3.63, 3.8) is 0 Å². The van der Waals surface area contributed by atoms with Crippen molar-refractivity contribution in [1.29, 1.82) is 0 Å². The summed E-state index contributed by atoms with van der Waals surface area (Å²) in [4.78, 5) is 4.07. The third-order valence-corrected chi connectivity index (χ3v) is 3.54. The lowest BCUT2D eigenvalue weighted by atomic mass is 10.00. The second-order valence-electron chi connectivity index (χ2n) is 4.91. The Kier molecular flexibility index (Phi) is 3.78. The summed E-state index contributed by atoms with van der Waals surface area (Å²) in [5.74, 6) is 1.46. The van der Waals surface area contributed by atoms with Crippen LogP contribution < -0.4 is 9.47 Å². The molecule has 0 fully saturated rings. The number of pyridine rings is 1. The number of ether oxygens (including phenoxy) is 2. The number of hydrogen-bond donors (Lipinski definition) is 1. The number of methoxy groups -OCH3 is 2. The van der Waals surface area contributed by atoms with Crippen molar-refractivity contribution in [2.45, 2.75) is 6.92 Å². The lowest BCUT2D eigenvalue weighted by Crippen LogP contribution is -1.90. The van der Waals surface area contributed by atoms with Crippen LogP contribution >= 0.6 is 0 Å². The molecule has 3 rings (SSSR count). The van der Waals surface area contributed by atoms with Crippen LogP contribution in [0.4, 0.5) is 0 Å². The number of aryl methyl sites for hydroxylation is 1. The molecule has 0 unspecified atom stereocenters. The van der Waals surface area contributed by atoms with Crippen LogP contribution in [0.5, 0.6) is 11.5 Å². The minimum atomic E-state index is 0.732. The lowest BCUT2D eigenvalue weighted by Gasteiger charge is -2.09. The van der Waals surface area contributed by atoms with Crippen molar-refractivity contribution in [3.05, 3.63) is 48.4 Å². The molecule has 22 heavy (non-hydrogen) atoms. The monoisotopic (exact) mass is 295 g/mol. The van der Waals surface area contributed by atoms with E-state index in [4.69, 9.17) is 9.47 Å². The maximum absolute atomic E-state index is 5.34. The molecule has 1 aromatic carbocycles. The Bertz CT molecular complexity index is 760. The highest BCUT2D eigenvalue weighted by molar-refractivity contribution is 5.83. The van der Waals surface area contributed by atoms with E-state index < -0.39 is 0 Å². The number of hydrogen-bond acceptors (Lipinski definition) is 4. The molecule has 0 atom stereocenters. The van der Waals surface area contributed by atoms with Crippen molar-refractivity contribution in [2.24, 2.45) is 0 Å². The smallest absolute Gasteiger partial charge is 0.123 e. The highest BCUT2D eigenvalue weighted by Gasteiger charge is 2.16. The molecule has 0 saturated carbocycles. The molecule has 0 bridgehead atoms. The number of benzene rings is 1. The average Bonchev–Trinajstić information content (AvgIpc) is 2.96. The second-order valence-corrected chi connectivity index (χ2v) is 4.91. The van der Waals surface area contributed by atoms with Crippen LogP contribution in [0.2, 0.25) is 0 Å². The van der Waals surface area contributed by atoms with Crippen molar-refractivity contribution in [2.75, 3.05) is 14.2 Å². The molecule has 0 aliphatic heterocycles. The molecule has 3 aromatic rings. The van der Waals surface area contributed by atoms with Crippen LogP contribution in [0.3, 0.4) is 0 Å².